The molecule has 5 aromatic rings. The fourth-order valence-corrected chi connectivity index (χ4v) is 4.58. The highest BCUT2D eigenvalue weighted by molar-refractivity contribution is 5.72. The van der Waals surface area contributed by atoms with E-state index in [0.29, 0.717) is 0 Å². The molecule has 0 amide bonds. The number of benzene rings is 5. The molecule has 0 aliphatic rings. The van der Waals surface area contributed by atoms with Crippen molar-refractivity contribution < 1.29 is 0 Å². The Bertz CT molecular complexity index is 1540. The molecule has 0 unspecified atom stereocenters. The summed E-state index contributed by atoms with van der Waals surface area (Å²) in [7, 11) is 0. The van der Waals surface area contributed by atoms with E-state index in [2.05, 4.69) is 124 Å². The van der Waals surface area contributed by atoms with Crippen molar-refractivity contribution in [2.45, 2.75) is 53.4 Å². The second kappa shape index (κ2) is 18.0. The minimum absolute atomic E-state index is 0.852. The molecule has 0 saturated carbocycles. The van der Waals surface area contributed by atoms with Gasteiger partial charge in [0.05, 0.1) is 0 Å². The number of aryl methyl sites for hydroxylation is 2. The predicted octanol–water partition coefficient (Wildman–Crippen LogP) is 11.8. The topological polar surface area (TPSA) is 26.0 Å². The quantitative estimate of drug-likeness (QED) is 0.199. The van der Waals surface area contributed by atoms with Crippen molar-refractivity contribution in [2.24, 2.45) is 5.73 Å². The van der Waals surface area contributed by atoms with Gasteiger partial charge in [0.15, 0.2) is 0 Å². The van der Waals surface area contributed by atoms with E-state index in [1.165, 1.54) is 58.2 Å². The maximum absolute atomic E-state index is 6.01. The highest BCUT2D eigenvalue weighted by atomic mass is 14.6. The molecular formula is C42H47N. The fraction of sp³-hybridized carbons (Fsp3) is 0.190. The Balaban J connectivity index is 0.000000181. The van der Waals surface area contributed by atoms with Crippen LogP contribution in [0.25, 0.3) is 33.5 Å². The van der Waals surface area contributed by atoms with Crippen LogP contribution in [0.1, 0.15) is 62.3 Å². The minimum atomic E-state index is 0.852. The number of hydrogen-bond donors (Lipinski definition) is 1. The molecule has 0 bridgehead atoms. The first-order chi connectivity index (χ1) is 20.9. The molecule has 0 radical (unpaired) electrons. The van der Waals surface area contributed by atoms with Crippen molar-refractivity contribution in [1.82, 2.24) is 0 Å². The van der Waals surface area contributed by atoms with Gasteiger partial charge in [-0.3, -0.25) is 0 Å². The third-order valence-electron chi connectivity index (χ3n) is 7.13. The third kappa shape index (κ3) is 11.3. The number of hydrogen-bond acceptors (Lipinski definition) is 1. The zero-order valence-corrected chi connectivity index (χ0v) is 26.4. The molecule has 0 aromatic heterocycles. The lowest BCUT2D eigenvalue weighted by atomic mass is 10.0. The summed E-state index contributed by atoms with van der Waals surface area (Å²) in [6.07, 6.45) is 6.83. The molecule has 0 spiro atoms. The zero-order valence-electron chi connectivity index (χ0n) is 26.4. The summed E-state index contributed by atoms with van der Waals surface area (Å²) < 4.78 is 0. The monoisotopic (exact) mass is 565 g/mol. The SMILES string of the molecule is C=C(C)c1cccc(-c2ccccc2)c1.CC/C=C(/N)c1cccc(-c2ccccc2)c1.CCCCc1ccc(C)cc1. The van der Waals surface area contributed by atoms with Crippen LogP contribution in [0.15, 0.2) is 146 Å². The van der Waals surface area contributed by atoms with Crippen LogP contribution in [0, 0.1) is 6.92 Å². The summed E-state index contributed by atoms with van der Waals surface area (Å²) in [6, 6.07) is 46.4. The molecule has 0 atom stereocenters. The molecule has 1 nitrogen and oxygen atoms in total. The minimum Gasteiger partial charge on any atom is -0.399 e. The molecule has 2 N–H and O–H groups in total. The first-order valence-electron chi connectivity index (χ1n) is 15.4. The van der Waals surface area contributed by atoms with Crippen LogP contribution >= 0.6 is 0 Å². The molecule has 0 saturated heterocycles. The standard InChI is InChI=1S/C16H17N.C15H14.C11H16/c1-2-7-16(17)15-11-6-10-14(12-15)13-8-4-3-5-9-13;1-12(2)14-9-6-10-15(11-14)13-7-4-3-5-8-13;1-3-4-5-11-8-6-10(2)7-9-11/h3-12H,2,17H2,1H3;3-11H,1H2,2H3;6-9H,3-5H2,1-2H3/b16-7+;;. The van der Waals surface area contributed by atoms with Crippen molar-refractivity contribution in [3.8, 4) is 22.3 Å². The summed E-state index contributed by atoms with van der Waals surface area (Å²) in [4.78, 5) is 0. The lowest BCUT2D eigenvalue weighted by Crippen LogP contribution is -1.96. The van der Waals surface area contributed by atoms with Gasteiger partial charge in [0.1, 0.15) is 0 Å². The molecular weight excluding hydrogens is 518 g/mol. The molecule has 0 aliphatic carbocycles. The van der Waals surface area contributed by atoms with Crippen LogP contribution in [0.2, 0.25) is 0 Å². The first-order valence-corrected chi connectivity index (χ1v) is 15.4. The van der Waals surface area contributed by atoms with E-state index in [1.807, 2.05) is 49.4 Å². The molecule has 5 aromatic carbocycles. The van der Waals surface area contributed by atoms with Crippen LogP contribution in [0.3, 0.4) is 0 Å². The molecule has 220 valence electrons. The van der Waals surface area contributed by atoms with Gasteiger partial charge in [0.2, 0.25) is 0 Å². The van der Waals surface area contributed by atoms with Gasteiger partial charge in [-0.05, 0) is 84.2 Å². The van der Waals surface area contributed by atoms with Crippen molar-refractivity contribution >= 4 is 11.3 Å². The van der Waals surface area contributed by atoms with E-state index < -0.39 is 0 Å². The zero-order chi connectivity index (χ0) is 30.9. The summed E-state index contributed by atoms with van der Waals surface area (Å²) in [5, 5.41) is 0. The fourth-order valence-electron chi connectivity index (χ4n) is 4.58. The third-order valence-corrected chi connectivity index (χ3v) is 7.13. The van der Waals surface area contributed by atoms with Crippen molar-refractivity contribution in [3.63, 3.8) is 0 Å². The van der Waals surface area contributed by atoms with Gasteiger partial charge in [-0.15, -0.1) is 0 Å². The van der Waals surface area contributed by atoms with Gasteiger partial charge in [-0.25, -0.2) is 0 Å². The average Bonchev–Trinajstić information content (AvgIpc) is 3.06. The molecule has 1 heteroatoms. The Kier molecular flexibility index (Phi) is 13.8. The van der Waals surface area contributed by atoms with Crippen LogP contribution in [0.4, 0.5) is 0 Å². The van der Waals surface area contributed by atoms with Crippen molar-refractivity contribution in [2.75, 3.05) is 0 Å². The molecule has 0 aliphatic heterocycles. The predicted molar refractivity (Wildman–Crippen MR) is 191 cm³/mol. The largest absolute Gasteiger partial charge is 0.399 e. The number of nitrogens with two attached hydrogens (primary N) is 1. The highest BCUT2D eigenvalue weighted by Gasteiger charge is 2.01. The smallest absolute Gasteiger partial charge is 0.0347 e. The summed E-state index contributed by atoms with van der Waals surface area (Å²) in [5.74, 6) is 0. The number of allylic oxidation sites excluding steroid dienone is 2. The number of unbranched alkanes of at least 4 members (excludes halogenated alkanes) is 1. The number of rotatable bonds is 8. The first kappa shape index (κ1) is 32.9. The van der Waals surface area contributed by atoms with E-state index in [4.69, 9.17) is 5.73 Å². The Morgan fingerprint density at radius 1 is 0.628 bits per heavy atom. The van der Waals surface area contributed by atoms with Crippen LogP contribution in [0.5, 0.6) is 0 Å². The van der Waals surface area contributed by atoms with Gasteiger partial charge < -0.3 is 5.73 Å². The van der Waals surface area contributed by atoms with Gasteiger partial charge in [0, 0.05) is 5.70 Å². The normalized spacial score (nSPS) is 10.6. The Morgan fingerprint density at radius 2 is 1.12 bits per heavy atom. The highest BCUT2D eigenvalue weighted by Crippen LogP contribution is 2.23. The van der Waals surface area contributed by atoms with Gasteiger partial charge in [-0.1, -0.05) is 165 Å². The average molecular weight is 566 g/mol. The van der Waals surface area contributed by atoms with E-state index in [1.54, 1.807) is 0 Å². The van der Waals surface area contributed by atoms with Gasteiger partial charge in [0.25, 0.3) is 0 Å². The van der Waals surface area contributed by atoms with E-state index >= 15 is 0 Å². The van der Waals surface area contributed by atoms with Gasteiger partial charge in [-0.2, -0.15) is 0 Å². The van der Waals surface area contributed by atoms with Gasteiger partial charge >= 0.3 is 0 Å². The van der Waals surface area contributed by atoms with E-state index in [-0.39, 0.29) is 0 Å². The molecule has 0 fully saturated rings. The van der Waals surface area contributed by atoms with Crippen molar-refractivity contribution in [1.29, 1.82) is 0 Å². The molecule has 0 heterocycles. The van der Waals surface area contributed by atoms with E-state index in [9.17, 15) is 0 Å². The Labute approximate surface area is 260 Å². The van der Waals surface area contributed by atoms with Crippen LogP contribution < -0.4 is 5.73 Å². The Morgan fingerprint density at radius 3 is 1.60 bits per heavy atom. The van der Waals surface area contributed by atoms with Crippen LogP contribution in [-0.2, 0) is 6.42 Å². The maximum Gasteiger partial charge on any atom is 0.0347 e. The van der Waals surface area contributed by atoms with Crippen molar-refractivity contribution in [3.05, 3.63) is 168 Å². The summed E-state index contributed by atoms with van der Waals surface area (Å²) in [5.41, 5.74) is 18.0. The maximum atomic E-state index is 6.01. The molecule has 5 rings (SSSR count). The molecule has 43 heavy (non-hydrogen) atoms. The second-order valence-corrected chi connectivity index (χ2v) is 10.8. The lowest BCUT2D eigenvalue weighted by Gasteiger charge is -2.06. The van der Waals surface area contributed by atoms with Crippen LogP contribution in [-0.4, -0.2) is 0 Å². The second-order valence-electron chi connectivity index (χ2n) is 10.8. The summed E-state index contributed by atoms with van der Waals surface area (Å²) >= 11 is 0. The lowest BCUT2D eigenvalue weighted by molar-refractivity contribution is 0.795. The van der Waals surface area contributed by atoms with E-state index in [0.717, 1.165) is 23.3 Å². The summed E-state index contributed by atoms with van der Waals surface area (Å²) in [6.45, 7) is 12.4. The Hall–Kier alpha value is -4.62.